The highest BCUT2D eigenvalue weighted by atomic mass is 32.2. The highest BCUT2D eigenvalue weighted by Gasteiger charge is 2.16. The minimum Gasteiger partial charge on any atom is -0.325 e. The largest absolute Gasteiger partial charge is 0.325 e. The summed E-state index contributed by atoms with van der Waals surface area (Å²) in [7, 11) is -0.893. The Morgan fingerprint density at radius 1 is 1.18 bits per heavy atom. The van der Waals surface area contributed by atoms with Crippen LogP contribution in [-0.4, -0.2) is 15.5 Å². The highest BCUT2D eigenvalue weighted by molar-refractivity contribution is 7.84. The summed E-state index contributed by atoms with van der Waals surface area (Å²) in [6.45, 7) is 10.1. The van der Waals surface area contributed by atoms with Gasteiger partial charge < -0.3 is 5.73 Å². The third-order valence-electron chi connectivity index (χ3n) is 2.68. The Bertz CT molecular complexity index is 409. The minimum absolute atomic E-state index is 0.364. The van der Waals surface area contributed by atoms with Crippen molar-refractivity contribution in [2.45, 2.75) is 45.9 Å². The first-order chi connectivity index (χ1) is 7.69. The Morgan fingerprint density at radius 3 is 2.06 bits per heavy atom. The summed E-state index contributed by atoms with van der Waals surface area (Å²) >= 11 is 0. The lowest BCUT2D eigenvalue weighted by molar-refractivity contribution is 0.577. The van der Waals surface area contributed by atoms with Gasteiger partial charge in [0.1, 0.15) is 0 Å². The Balaban J connectivity index is 2.86. The van der Waals surface area contributed by atoms with Crippen LogP contribution in [0.25, 0.3) is 0 Å². The fourth-order valence-corrected chi connectivity index (χ4v) is 3.77. The number of aryl methyl sites for hydroxylation is 3. The number of nitrogens with two attached hydrogens (primary N) is 1. The Kier molecular flexibility index (Phi) is 4.50. The summed E-state index contributed by atoms with van der Waals surface area (Å²) in [6.07, 6.45) is 0. The van der Waals surface area contributed by atoms with Crippen LogP contribution in [0.3, 0.4) is 0 Å². The van der Waals surface area contributed by atoms with Crippen molar-refractivity contribution in [2.75, 3.05) is 5.75 Å². The van der Waals surface area contributed by atoms with E-state index < -0.39 is 10.8 Å². The third kappa shape index (κ3) is 4.60. The molecular weight excluding hydrogens is 230 g/mol. The molecule has 1 aromatic rings. The standard InChI is InChI=1S/C14H23NOS/c1-10-6-11(2)13(12(3)7-10)8-17(16)9-14(4,5)15/h6-7H,8-9,15H2,1-5H3. The highest BCUT2D eigenvalue weighted by Crippen LogP contribution is 2.18. The van der Waals surface area contributed by atoms with Gasteiger partial charge in [0.25, 0.3) is 0 Å². The van der Waals surface area contributed by atoms with E-state index in [2.05, 4.69) is 32.9 Å². The zero-order valence-corrected chi connectivity index (χ0v) is 12.3. The monoisotopic (exact) mass is 253 g/mol. The summed E-state index contributed by atoms with van der Waals surface area (Å²) in [5.41, 5.74) is 10.5. The zero-order valence-electron chi connectivity index (χ0n) is 11.5. The Hall–Kier alpha value is -0.670. The molecule has 0 fully saturated rings. The van der Waals surface area contributed by atoms with Gasteiger partial charge in [-0.15, -0.1) is 0 Å². The molecule has 1 unspecified atom stereocenters. The molecule has 0 radical (unpaired) electrons. The number of hydrogen-bond acceptors (Lipinski definition) is 2. The van der Waals surface area contributed by atoms with Crippen LogP contribution in [-0.2, 0) is 16.6 Å². The quantitative estimate of drug-likeness (QED) is 0.896. The molecule has 96 valence electrons. The minimum atomic E-state index is -0.893. The van der Waals surface area contributed by atoms with Crippen molar-refractivity contribution in [1.82, 2.24) is 0 Å². The van der Waals surface area contributed by atoms with Crippen LogP contribution < -0.4 is 5.73 Å². The summed E-state index contributed by atoms with van der Waals surface area (Å²) in [5, 5.41) is 0. The molecule has 0 aliphatic rings. The van der Waals surface area contributed by atoms with E-state index in [9.17, 15) is 4.21 Å². The SMILES string of the molecule is Cc1cc(C)c(CS(=O)CC(C)(C)N)c(C)c1. The van der Waals surface area contributed by atoms with Gasteiger partial charge in [0.15, 0.2) is 0 Å². The lowest BCUT2D eigenvalue weighted by atomic mass is 10.0. The van der Waals surface area contributed by atoms with Crippen LogP contribution in [0.2, 0.25) is 0 Å². The molecule has 0 aliphatic carbocycles. The Morgan fingerprint density at radius 2 is 1.65 bits per heavy atom. The van der Waals surface area contributed by atoms with Gasteiger partial charge in [-0.2, -0.15) is 0 Å². The molecular formula is C14H23NOS. The topological polar surface area (TPSA) is 43.1 Å². The van der Waals surface area contributed by atoms with E-state index in [4.69, 9.17) is 5.73 Å². The van der Waals surface area contributed by atoms with Crippen LogP contribution in [0, 0.1) is 20.8 Å². The van der Waals surface area contributed by atoms with Crippen LogP contribution in [0.5, 0.6) is 0 Å². The smallest absolute Gasteiger partial charge is 0.0491 e. The van der Waals surface area contributed by atoms with Gasteiger partial charge in [-0.1, -0.05) is 17.7 Å². The molecule has 17 heavy (non-hydrogen) atoms. The molecule has 0 amide bonds. The molecule has 0 aliphatic heterocycles. The molecule has 0 saturated carbocycles. The van der Waals surface area contributed by atoms with Crippen molar-refractivity contribution in [3.63, 3.8) is 0 Å². The molecule has 2 nitrogen and oxygen atoms in total. The second kappa shape index (κ2) is 5.32. The van der Waals surface area contributed by atoms with Crippen molar-refractivity contribution >= 4 is 10.8 Å². The van der Waals surface area contributed by atoms with Gasteiger partial charge >= 0.3 is 0 Å². The number of rotatable bonds is 4. The number of benzene rings is 1. The van der Waals surface area contributed by atoms with Crippen LogP contribution in [0.4, 0.5) is 0 Å². The second-order valence-corrected chi connectivity index (χ2v) is 7.05. The van der Waals surface area contributed by atoms with Gasteiger partial charge in [-0.25, -0.2) is 0 Å². The fourth-order valence-electron chi connectivity index (χ4n) is 2.06. The first-order valence-corrected chi connectivity index (χ1v) is 7.38. The summed E-state index contributed by atoms with van der Waals surface area (Å²) < 4.78 is 12.0. The molecule has 0 heterocycles. The van der Waals surface area contributed by atoms with Crippen molar-refractivity contribution in [1.29, 1.82) is 0 Å². The zero-order chi connectivity index (χ0) is 13.2. The predicted molar refractivity (Wildman–Crippen MR) is 75.6 cm³/mol. The van der Waals surface area contributed by atoms with E-state index in [0.29, 0.717) is 11.5 Å². The lowest BCUT2D eigenvalue weighted by Gasteiger charge is -2.18. The van der Waals surface area contributed by atoms with Gasteiger partial charge in [-0.05, 0) is 51.3 Å². The third-order valence-corrected chi connectivity index (χ3v) is 4.36. The second-order valence-electron chi connectivity index (χ2n) is 5.59. The Labute approximate surface area is 107 Å². The van der Waals surface area contributed by atoms with Crippen molar-refractivity contribution in [3.8, 4) is 0 Å². The number of hydrogen-bond donors (Lipinski definition) is 1. The molecule has 0 aromatic heterocycles. The average molecular weight is 253 g/mol. The molecule has 1 aromatic carbocycles. The van der Waals surface area contributed by atoms with Crippen molar-refractivity contribution in [2.24, 2.45) is 5.73 Å². The van der Waals surface area contributed by atoms with E-state index in [1.165, 1.54) is 22.3 Å². The molecule has 0 saturated heterocycles. The van der Waals surface area contributed by atoms with E-state index >= 15 is 0 Å². The summed E-state index contributed by atoms with van der Waals surface area (Å²) in [4.78, 5) is 0. The van der Waals surface area contributed by atoms with Crippen LogP contribution >= 0.6 is 0 Å². The van der Waals surface area contributed by atoms with E-state index in [1.807, 2.05) is 13.8 Å². The van der Waals surface area contributed by atoms with Crippen LogP contribution in [0.15, 0.2) is 12.1 Å². The molecule has 0 bridgehead atoms. The van der Waals surface area contributed by atoms with Gasteiger partial charge in [-0.3, -0.25) is 4.21 Å². The van der Waals surface area contributed by atoms with Crippen molar-refractivity contribution in [3.05, 3.63) is 34.4 Å². The van der Waals surface area contributed by atoms with Crippen LogP contribution in [0.1, 0.15) is 36.1 Å². The average Bonchev–Trinajstić information content (AvgIpc) is 2.08. The normalized spacial score (nSPS) is 13.8. The fraction of sp³-hybridized carbons (Fsp3) is 0.571. The molecule has 2 N–H and O–H groups in total. The van der Waals surface area contributed by atoms with Gasteiger partial charge in [0.2, 0.25) is 0 Å². The first-order valence-electron chi connectivity index (χ1n) is 5.89. The summed E-state index contributed by atoms with van der Waals surface area (Å²) in [5.74, 6) is 1.15. The molecule has 1 rings (SSSR count). The van der Waals surface area contributed by atoms with Gasteiger partial charge in [0.05, 0.1) is 0 Å². The first kappa shape index (κ1) is 14.4. The molecule has 0 spiro atoms. The van der Waals surface area contributed by atoms with Crippen molar-refractivity contribution < 1.29 is 4.21 Å². The van der Waals surface area contributed by atoms with E-state index in [0.717, 1.165) is 0 Å². The van der Waals surface area contributed by atoms with Gasteiger partial charge in [0, 0.05) is 27.8 Å². The van der Waals surface area contributed by atoms with E-state index in [1.54, 1.807) is 0 Å². The predicted octanol–water partition coefficient (Wildman–Crippen LogP) is 2.60. The maximum atomic E-state index is 12.0. The summed E-state index contributed by atoms with van der Waals surface area (Å²) in [6, 6.07) is 4.29. The maximum Gasteiger partial charge on any atom is 0.0491 e. The maximum absolute atomic E-state index is 12.0. The molecule has 3 heteroatoms. The molecule has 1 atom stereocenters. The van der Waals surface area contributed by atoms with E-state index in [-0.39, 0.29) is 5.54 Å². The lowest BCUT2D eigenvalue weighted by Crippen LogP contribution is -2.38.